The number of carboxylic acids is 1. The molecule has 322 valence electrons. The van der Waals surface area contributed by atoms with Crippen LogP contribution in [0.3, 0.4) is 0 Å². The van der Waals surface area contributed by atoms with Crippen LogP contribution < -0.4 is 10.6 Å². The Bertz CT molecular complexity index is 1600. The van der Waals surface area contributed by atoms with E-state index < -0.39 is 71.8 Å². The summed E-state index contributed by atoms with van der Waals surface area (Å²) in [4.78, 5) is 80.6. The van der Waals surface area contributed by atoms with Gasteiger partial charge < -0.3 is 30.3 Å². The molecule has 17 heteroatoms. The van der Waals surface area contributed by atoms with Gasteiger partial charge in [0.25, 0.3) is 11.8 Å². The minimum atomic E-state index is -1.21. The molecule has 1 saturated heterocycles. The highest BCUT2D eigenvalue weighted by Gasteiger charge is 2.38. The molecule has 0 saturated carbocycles. The number of rotatable bonds is 24. The predicted molar refractivity (Wildman–Crippen MR) is 211 cm³/mol. The van der Waals surface area contributed by atoms with E-state index in [1.807, 2.05) is 0 Å². The van der Waals surface area contributed by atoms with Gasteiger partial charge in [-0.25, -0.2) is 19.9 Å². The van der Waals surface area contributed by atoms with Crippen LogP contribution in [0.2, 0.25) is 0 Å². The molecule has 4 amide bonds. The number of nitrogens with zero attached hydrogens (tertiary/aromatic N) is 3. The number of hydrogen-bond acceptors (Lipinski definition) is 12. The minimum Gasteiger partial charge on any atom is -0.507 e. The Labute approximate surface area is 339 Å². The number of nitrogens with one attached hydrogen (secondary N) is 2. The fraction of sp³-hybridized carbons (Fsp3) is 0.634. The molecule has 2 aliphatic heterocycles. The number of aliphatic imine (C=N–C) groups is 1. The number of hydroxylamine groups is 4. The highest BCUT2D eigenvalue weighted by molar-refractivity contribution is 6.01. The number of amides is 4. The smallest absolute Gasteiger partial charge is 0.328 e. The second-order valence-corrected chi connectivity index (χ2v) is 14.9. The average molecular weight is 816 g/mol. The van der Waals surface area contributed by atoms with E-state index in [1.54, 1.807) is 45.0 Å². The largest absolute Gasteiger partial charge is 0.507 e. The Kier molecular flexibility index (Phi) is 20.1. The van der Waals surface area contributed by atoms with Gasteiger partial charge in [0.2, 0.25) is 17.7 Å². The van der Waals surface area contributed by atoms with Gasteiger partial charge in [0.05, 0.1) is 11.5 Å². The lowest BCUT2D eigenvalue weighted by molar-refractivity contribution is -0.167. The Morgan fingerprint density at radius 3 is 2.47 bits per heavy atom. The van der Waals surface area contributed by atoms with Crippen molar-refractivity contribution in [3.8, 4) is 5.75 Å². The van der Waals surface area contributed by atoms with E-state index in [0.717, 1.165) is 32.1 Å². The summed E-state index contributed by atoms with van der Waals surface area (Å²) in [5, 5.41) is 45.9. The van der Waals surface area contributed by atoms with Gasteiger partial charge in [0.15, 0.2) is 6.04 Å². The molecule has 1 aromatic rings. The molecule has 58 heavy (non-hydrogen) atoms. The van der Waals surface area contributed by atoms with Crippen molar-refractivity contribution in [3.05, 3.63) is 42.0 Å². The molecule has 6 unspecified atom stereocenters. The Morgan fingerprint density at radius 1 is 1.05 bits per heavy atom. The minimum absolute atomic E-state index is 0.0447. The zero-order valence-electron chi connectivity index (χ0n) is 33.8. The van der Waals surface area contributed by atoms with Gasteiger partial charge in [-0.15, -0.1) is 0 Å². The number of carbonyl (C=O) groups excluding carboxylic acids is 5. The molecule has 2 heterocycles. The highest BCUT2D eigenvalue weighted by atomic mass is 16.5. The second-order valence-electron chi connectivity index (χ2n) is 14.9. The first-order valence-electron chi connectivity index (χ1n) is 20.5. The van der Waals surface area contributed by atoms with Crippen molar-refractivity contribution >= 4 is 41.5 Å². The summed E-state index contributed by atoms with van der Waals surface area (Å²) in [6, 6.07) is 3.17. The number of hydrogen-bond donors (Lipinski definition) is 6. The van der Waals surface area contributed by atoms with Crippen molar-refractivity contribution in [1.29, 1.82) is 0 Å². The van der Waals surface area contributed by atoms with Crippen molar-refractivity contribution < 1.29 is 58.9 Å². The number of carboxylic acid groups (broad SMARTS) is 1. The van der Waals surface area contributed by atoms with E-state index in [9.17, 15) is 44.3 Å². The fourth-order valence-corrected chi connectivity index (χ4v) is 6.70. The first-order valence-corrected chi connectivity index (χ1v) is 20.5. The van der Waals surface area contributed by atoms with Gasteiger partial charge in [-0.1, -0.05) is 57.7 Å². The topological polar surface area (TPSA) is 245 Å². The Hall–Kier alpha value is -5.03. The van der Waals surface area contributed by atoms with Crippen LogP contribution in [0.1, 0.15) is 123 Å². The van der Waals surface area contributed by atoms with Crippen LogP contribution in [-0.4, -0.2) is 116 Å². The van der Waals surface area contributed by atoms with Crippen molar-refractivity contribution in [2.45, 2.75) is 147 Å². The standard InChI is InChI=1S/C41H61N5O12/c1-4-33(27(2)37(51)42-30-20-15-18-26-46(56)40(30)53)58-41(54)31(43-38(52)36-28(3)57-39(44-36)29-19-13-14-22-32(29)47)21-16-17-25-45(55)34(48)23-11-9-7-5-6-8-10-12-24-35(49)50/h11,13-14,19,22-23,27-28,30-31,33,36,47,55-56H,4-10,12,15-18,20-21,24-26H2,1-3H3,(H,42,51)(H,43,52)(H,49,50). The summed E-state index contributed by atoms with van der Waals surface area (Å²) in [6.45, 7) is 5.04. The van der Waals surface area contributed by atoms with Crippen LogP contribution in [0.15, 0.2) is 41.4 Å². The third-order valence-corrected chi connectivity index (χ3v) is 10.3. The van der Waals surface area contributed by atoms with E-state index in [2.05, 4.69) is 15.6 Å². The maximum Gasteiger partial charge on any atom is 0.328 e. The van der Waals surface area contributed by atoms with Crippen LogP contribution in [-0.2, 0) is 38.2 Å². The monoisotopic (exact) mass is 815 g/mol. The van der Waals surface area contributed by atoms with E-state index in [0.29, 0.717) is 47.8 Å². The molecule has 2 aliphatic rings. The number of aromatic hydroxyl groups is 1. The van der Waals surface area contributed by atoms with Gasteiger partial charge in [-0.05, 0) is 83.3 Å². The van der Waals surface area contributed by atoms with Crippen molar-refractivity contribution in [2.75, 3.05) is 13.1 Å². The molecular formula is C41H61N5O12. The van der Waals surface area contributed by atoms with Gasteiger partial charge in [0, 0.05) is 25.6 Å². The van der Waals surface area contributed by atoms with Crippen LogP contribution in [0.25, 0.3) is 0 Å². The average Bonchev–Trinajstić information content (AvgIpc) is 3.52. The fourth-order valence-electron chi connectivity index (χ4n) is 6.70. The number of ether oxygens (including phenoxy) is 2. The number of para-hydroxylation sites is 1. The summed E-state index contributed by atoms with van der Waals surface area (Å²) < 4.78 is 11.6. The van der Waals surface area contributed by atoms with E-state index in [1.165, 1.54) is 12.1 Å². The lowest BCUT2D eigenvalue weighted by Gasteiger charge is -2.27. The normalized spacial score (nSPS) is 19.7. The molecule has 3 rings (SSSR count). The van der Waals surface area contributed by atoms with Crippen molar-refractivity contribution in [2.24, 2.45) is 10.9 Å². The first-order chi connectivity index (χ1) is 27.7. The number of esters is 1. The number of phenols is 1. The molecule has 0 bridgehead atoms. The lowest BCUT2D eigenvalue weighted by atomic mass is 10.00. The molecular weight excluding hydrogens is 754 g/mol. The number of allylic oxidation sites excluding steroid dienone is 1. The summed E-state index contributed by atoms with van der Waals surface area (Å²) in [5.74, 6) is -4.89. The third kappa shape index (κ3) is 15.4. The predicted octanol–water partition coefficient (Wildman–Crippen LogP) is 4.41. The quantitative estimate of drug-likeness (QED) is 0.0280. The highest BCUT2D eigenvalue weighted by Crippen LogP contribution is 2.25. The number of aliphatic carboxylic acids is 1. The number of phenolic OH excluding ortho intramolecular Hbond substituents is 1. The van der Waals surface area contributed by atoms with E-state index in [-0.39, 0.29) is 56.8 Å². The van der Waals surface area contributed by atoms with Gasteiger partial charge in [-0.3, -0.25) is 34.4 Å². The van der Waals surface area contributed by atoms with Crippen LogP contribution >= 0.6 is 0 Å². The Morgan fingerprint density at radius 2 is 1.76 bits per heavy atom. The third-order valence-electron chi connectivity index (χ3n) is 10.3. The zero-order chi connectivity index (χ0) is 42.6. The van der Waals surface area contributed by atoms with Crippen molar-refractivity contribution in [1.82, 2.24) is 20.8 Å². The first kappa shape index (κ1) is 47.3. The lowest BCUT2D eigenvalue weighted by Crippen LogP contribution is -2.51. The maximum atomic E-state index is 13.7. The molecule has 6 atom stereocenters. The maximum absolute atomic E-state index is 13.7. The van der Waals surface area contributed by atoms with Gasteiger partial charge in [-0.2, -0.15) is 0 Å². The number of unbranched alkanes of at least 4 members (excludes halogenated alkanes) is 7. The zero-order valence-corrected chi connectivity index (χ0v) is 33.8. The number of benzene rings is 1. The summed E-state index contributed by atoms with van der Waals surface area (Å²) in [5.41, 5.74) is 0.301. The molecule has 1 fully saturated rings. The molecule has 1 aromatic carbocycles. The molecule has 17 nitrogen and oxygen atoms in total. The summed E-state index contributed by atoms with van der Waals surface area (Å²) >= 11 is 0. The molecule has 0 radical (unpaired) electrons. The molecule has 6 N–H and O–H groups in total. The summed E-state index contributed by atoms with van der Waals surface area (Å²) in [6.07, 6.45) is 9.81. The molecule has 0 aromatic heterocycles. The van der Waals surface area contributed by atoms with Crippen LogP contribution in [0.4, 0.5) is 0 Å². The van der Waals surface area contributed by atoms with Gasteiger partial charge >= 0.3 is 11.9 Å². The SMILES string of the molecule is CCC(OC(=O)C(CCCCN(O)C(=O)C=CCCCCCCCCC(=O)O)NC(=O)C1N=C(c2ccccc2O)OC1C)C(C)C(=O)NC1CCCCN(O)C1=O. The molecule has 0 spiro atoms. The molecule has 0 aliphatic carbocycles. The number of carbonyl (C=O) groups is 6. The van der Waals surface area contributed by atoms with Gasteiger partial charge in [0.1, 0.15) is 30.0 Å². The Balaban J connectivity index is 1.60. The van der Waals surface area contributed by atoms with E-state index in [4.69, 9.17) is 14.6 Å². The summed E-state index contributed by atoms with van der Waals surface area (Å²) in [7, 11) is 0. The second kappa shape index (κ2) is 24.7. The van der Waals surface area contributed by atoms with Crippen LogP contribution in [0.5, 0.6) is 5.75 Å². The van der Waals surface area contributed by atoms with Crippen molar-refractivity contribution in [3.63, 3.8) is 0 Å². The van der Waals surface area contributed by atoms with Crippen LogP contribution in [0, 0.1) is 5.92 Å². The van der Waals surface area contributed by atoms with E-state index >= 15 is 0 Å².